The van der Waals surface area contributed by atoms with Crippen molar-refractivity contribution in [2.75, 3.05) is 11.4 Å². The number of hydrogen-bond acceptors (Lipinski definition) is 2. The molecule has 18 heavy (non-hydrogen) atoms. The molecule has 1 aliphatic rings. The smallest absolute Gasteiger partial charge is 0.0371 e. The minimum atomic E-state index is 0.240. The van der Waals surface area contributed by atoms with Gasteiger partial charge in [0.25, 0.3) is 0 Å². The van der Waals surface area contributed by atoms with Crippen LogP contribution in [0.2, 0.25) is 0 Å². The Bertz CT molecular complexity index is 394. The molecule has 0 aliphatic heterocycles. The molecule has 0 bridgehead atoms. The van der Waals surface area contributed by atoms with E-state index in [4.69, 9.17) is 5.73 Å². The molecule has 1 unspecified atom stereocenters. The summed E-state index contributed by atoms with van der Waals surface area (Å²) in [6.07, 6.45) is 4.92. The lowest BCUT2D eigenvalue weighted by Gasteiger charge is -2.25. The van der Waals surface area contributed by atoms with E-state index >= 15 is 0 Å². The molecule has 0 amide bonds. The highest BCUT2D eigenvalue weighted by Crippen LogP contribution is 2.32. The summed E-state index contributed by atoms with van der Waals surface area (Å²) in [4.78, 5) is 2.57. The van der Waals surface area contributed by atoms with Crippen LogP contribution in [0.15, 0.2) is 18.2 Å². The van der Waals surface area contributed by atoms with Crippen molar-refractivity contribution in [3.8, 4) is 0 Å². The maximum Gasteiger partial charge on any atom is 0.0371 e. The largest absolute Gasteiger partial charge is 0.369 e. The van der Waals surface area contributed by atoms with Crippen molar-refractivity contribution >= 4 is 5.69 Å². The summed E-state index contributed by atoms with van der Waals surface area (Å²) in [5.74, 6) is 0. The molecule has 0 radical (unpaired) electrons. The summed E-state index contributed by atoms with van der Waals surface area (Å²) < 4.78 is 0. The minimum Gasteiger partial charge on any atom is -0.369 e. The fourth-order valence-electron chi connectivity index (χ4n) is 2.58. The standard InChI is InChI=1S/C16H26N2/c1-4-9-18(15-7-8-15)16-6-5-14(11-13(3)17)12(2)10-16/h5-6,10,13,15H,4,7-9,11,17H2,1-3H3. The van der Waals surface area contributed by atoms with Gasteiger partial charge in [-0.15, -0.1) is 0 Å². The molecular formula is C16H26N2. The molecule has 1 aromatic carbocycles. The van der Waals surface area contributed by atoms with E-state index in [1.165, 1.54) is 42.6 Å². The third-order valence-electron chi connectivity index (χ3n) is 3.65. The lowest BCUT2D eigenvalue weighted by molar-refractivity contribution is 0.732. The molecule has 1 fully saturated rings. The Morgan fingerprint density at radius 2 is 2.11 bits per heavy atom. The topological polar surface area (TPSA) is 29.3 Å². The Hall–Kier alpha value is -1.02. The van der Waals surface area contributed by atoms with E-state index < -0.39 is 0 Å². The molecule has 0 saturated heterocycles. The summed E-state index contributed by atoms with van der Waals surface area (Å²) in [5.41, 5.74) is 10.1. The number of benzene rings is 1. The minimum absolute atomic E-state index is 0.240. The van der Waals surface area contributed by atoms with E-state index in [1.54, 1.807) is 0 Å². The number of aryl methyl sites for hydroxylation is 1. The molecule has 1 aliphatic carbocycles. The second kappa shape index (κ2) is 5.75. The Labute approximate surface area is 111 Å². The Morgan fingerprint density at radius 3 is 2.61 bits per heavy atom. The Balaban J connectivity index is 2.15. The summed E-state index contributed by atoms with van der Waals surface area (Å²) in [6, 6.07) is 7.91. The van der Waals surface area contributed by atoms with Gasteiger partial charge in [-0.3, -0.25) is 0 Å². The lowest BCUT2D eigenvalue weighted by atomic mass is 10.0. The van der Waals surface area contributed by atoms with Crippen LogP contribution in [0.1, 0.15) is 44.2 Å². The molecule has 0 aromatic heterocycles. The summed E-state index contributed by atoms with van der Waals surface area (Å²) >= 11 is 0. The molecule has 2 nitrogen and oxygen atoms in total. The third-order valence-corrected chi connectivity index (χ3v) is 3.65. The van der Waals surface area contributed by atoms with Crippen molar-refractivity contribution in [2.24, 2.45) is 5.73 Å². The van der Waals surface area contributed by atoms with Gasteiger partial charge >= 0.3 is 0 Å². The first-order valence-corrected chi connectivity index (χ1v) is 7.23. The zero-order valence-corrected chi connectivity index (χ0v) is 11.9. The molecule has 2 N–H and O–H groups in total. The van der Waals surface area contributed by atoms with Crippen LogP contribution >= 0.6 is 0 Å². The van der Waals surface area contributed by atoms with Gasteiger partial charge in [-0.2, -0.15) is 0 Å². The zero-order valence-electron chi connectivity index (χ0n) is 11.9. The van der Waals surface area contributed by atoms with Crippen LogP contribution in [0, 0.1) is 6.92 Å². The average Bonchev–Trinajstić information content (AvgIpc) is 3.12. The number of nitrogens with zero attached hydrogens (tertiary/aromatic N) is 1. The molecule has 0 heterocycles. The molecule has 1 saturated carbocycles. The van der Waals surface area contributed by atoms with Crippen molar-refractivity contribution in [1.82, 2.24) is 0 Å². The predicted octanol–water partition coefficient (Wildman–Crippen LogP) is 3.26. The lowest BCUT2D eigenvalue weighted by Crippen LogP contribution is -2.26. The van der Waals surface area contributed by atoms with Gasteiger partial charge in [0.05, 0.1) is 0 Å². The number of rotatable bonds is 6. The van der Waals surface area contributed by atoms with Crippen LogP contribution in [0.25, 0.3) is 0 Å². The first-order chi connectivity index (χ1) is 8.61. The number of anilines is 1. The Kier molecular flexibility index (Phi) is 4.28. The van der Waals surface area contributed by atoms with Gasteiger partial charge in [0.2, 0.25) is 0 Å². The van der Waals surface area contributed by atoms with Crippen molar-refractivity contribution in [2.45, 2.75) is 58.5 Å². The van der Waals surface area contributed by atoms with Crippen LogP contribution in [0.5, 0.6) is 0 Å². The van der Waals surface area contributed by atoms with Gasteiger partial charge in [0.15, 0.2) is 0 Å². The molecule has 2 heteroatoms. The van der Waals surface area contributed by atoms with Gasteiger partial charge in [-0.1, -0.05) is 13.0 Å². The molecule has 1 aromatic rings. The van der Waals surface area contributed by atoms with E-state index in [1.807, 2.05) is 0 Å². The first kappa shape index (κ1) is 13.4. The van der Waals surface area contributed by atoms with Gasteiger partial charge in [0, 0.05) is 24.3 Å². The van der Waals surface area contributed by atoms with E-state index in [0.717, 1.165) is 12.5 Å². The third kappa shape index (κ3) is 3.26. The molecule has 1 atom stereocenters. The van der Waals surface area contributed by atoms with Crippen molar-refractivity contribution in [3.05, 3.63) is 29.3 Å². The van der Waals surface area contributed by atoms with Crippen molar-refractivity contribution < 1.29 is 0 Å². The molecule has 0 spiro atoms. The van der Waals surface area contributed by atoms with E-state index in [2.05, 4.69) is 43.9 Å². The summed E-state index contributed by atoms with van der Waals surface area (Å²) in [6.45, 7) is 7.71. The fraction of sp³-hybridized carbons (Fsp3) is 0.625. The van der Waals surface area contributed by atoms with Crippen LogP contribution in [-0.4, -0.2) is 18.6 Å². The van der Waals surface area contributed by atoms with Gasteiger partial charge < -0.3 is 10.6 Å². The Morgan fingerprint density at radius 1 is 1.39 bits per heavy atom. The normalized spacial score (nSPS) is 16.7. The second-order valence-electron chi connectivity index (χ2n) is 5.72. The maximum atomic E-state index is 5.89. The summed E-state index contributed by atoms with van der Waals surface area (Å²) in [7, 11) is 0. The van der Waals surface area contributed by atoms with Gasteiger partial charge in [-0.25, -0.2) is 0 Å². The van der Waals surface area contributed by atoms with Crippen molar-refractivity contribution in [3.63, 3.8) is 0 Å². The quantitative estimate of drug-likeness (QED) is 0.834. The van der Waals surface area contributed by atoms with E-state index in [9.17, 15) is 0 Å². The second-order valence-corrected chi connectivity index (χ2v) is 5.72. The SMILES string of the molecule is CCCN(c1ccc(CC(C)N)c(C)c1)C1CC1. The maximum absolute atomic E-state index is 5.89. The zero-order chi connectivity index (χ0) is 13.1. The number of nitrogens with two attached hydrogens (primary N) is 1. The number of hydrogen-bond donors (Lipinski definition) is 1. The highest BCUT2D eigenvalue weighted by Gasteiger charge is 2.28. The van der Waals surface area contributed by atoms with E-state index in [-0.39, 0.29) is 6.04 Å². The fourth-order valence-corrected chi connectivity index (χ4v) is 2.58. The van der Waals surface area contributed by atoms with Gasteiger partial charge in [-0.05, 0) is 62.8 Å². The predicted molar refractivity (Wildman–Crippen MR) is 79.2 cm³/mol. The highest BCUT2D eigenvalue weighted by molar-refractivity contribution is 5.52. The van der Waals surface area contributed by atoms with Crippen molar-refractivity contribution in [1.29, 1.82) is 0 Å². The molecule has 100 valence electrons. The van der Waals surface area contributed by atoms with E-state index in [0.29, 0.717) is 0 Å². The highest BCUT2D eigenvalue weighted by atomic mass is 15.2. The van der Waals surface area contributed by atoms with Crippen LogP contribution in [-0.2, 0) is 6.42 Å². The molecular weight excluding hydrogens is 220 g/mol. The molecule has 2 rings (SSSR count). The average molecular weight is 246 g/mol. The summed E-state index contributed by atoms with van der Waals surface area (Å²) in [5, 5.41) is 0. The van der Waals surface area contributed by atoms with Crippen LogP contribution < -0.4 is 10.6 Å². The van der Waals surface area contributed by atoms with Crippen LogP contribution in [0.3, 0.4) is 0 Å². The van der Waals surface area contributed by atoms with Crippen LogP contribution in [0.4, 0.5) is 5.69 Å². The van der Waals surface area contributed by atoms with Gasteiger partial charge in [0.1, 0.15) is 0 Å². The monoisotopic (exact) mass is 246 g/mol. The first-order valence-electron chi connectivity index (χ1n) is 7.23.